The number of carbonyl (C=O) groups is 1. The molecule has 3 rings (SSSR count). The topological polar surface area (TPSA) is 54.3 Å². The molecular weight excluding hydrogens is 310 g/mol. The Balaban J connectivity index is 1.95. The van der Waals surface area contributed by atoms with Crippen molar-refractivity contribution in [3.05, 3.63) is 42.2 Å². The smallest absolute Gasteiger partial charge is 0.280 e. The number of thiazole rings is 1. The summed E-state index contributed by atoms with van der Waals surface area (Å²) in [6.45, 7) is 1.33. The van der Waals surface area contributed by atoms with E-state index in [2.05, 4.69) is 10.1 Å². The summed E-state index contributed by atoms with van der Waals surface area (Å²) in [4.78, 5) is 21.2. The first-order chi connectivity index (χ1) is 11.0. The summed E-state index contributed by atoms with van der Waals surface area (Å²) in [5.41, 5.74) is 1.35. The van der Waals surface area contributed by atoms with Crippen LogP contribution >= 0.6 is 11.3 Å². The van der Waals surface area contributed by atoms with Crippen LogP contribution in [-0.4, -0.2) is 52.8 Å². The molecule has 0 bridgehead atoms. The first-order valence-corrected chi connectivity index (χ1v) is 8.18. The Morgan fingerprint density at radius 3 is 2.65 bits per heavy atom. The van der Waals surface area contributed by atoms with Crippen molar-refractivity contribution in [2.75, 3.05) is 32.1 Å². The molecule has 0 unspecified atom stereocenters. The number of fused-ring (bicyclic) bond motifs is 1. The van der Waals surface area contributed by atoms with E-state index in [1.807, 2.05) is 43.3 Å². The van der Waals surface area contributed by atoms with Gasteiger partial charge in [-0.3, -0.25) is 14.4 Å². The zero-order chi connectivity index (χ0) is 16.4. The average Bonchev–Trinajstić information content (AvgIpc) is 3.12. The van der Waals surface area contributed by atoms with E-state index in [4.69, 9.17) is 0 Å². The summed E-state index contributed by atoms with van der Waals surface area (Å²) in [5.74, 6) is -0.119. The fourth-order valence-corrected chi connectivity index (χ4v) is 3.22. The van der Waals surface area contributed by atoms with Gasteiger partial charge in [-0.1, -0.05) is 23.5 Å². The van der Waals surface area contributed by atoms with E-state index in [-0.39, 0.29) is 5.91 Å². The van der Waals surface area contributed by atoms with Crippen LogP contribution in [0.15, 0.2) is 36.5 Å². The quantitative estimate of drug-likeness (QED) is 0.720. The summed E-state index contributed by atoms with van der Waals surface area (Å²) >= 11 is 1.53. The third kappa shape index (κ3) is 3.40. The molecule has 0 saturated carbocycles. The van der Waals surface area contributed by atoms with Crippen molar-refractivity contribution in [1.29, 1.82) is 0 Å². The van der Waals surface area contributed by atoms with E-state index >= 15 is 0 Å². The molecule has 0 N–H and O–H groups in total. The predicted octanol–water partition coefficient (Wildman–Crippen LogP) is 2.24. The number of nitrogens with zero attached hydrogens (tertiary/aromatic N) is 5. The first-order valence-electron chi connectivity index (χ1n) is 7.36. The second-order valence-electron chi connectivity index (χ2n) is 5.60. The molecule has 0 aliphatic carbocycles. The fraction of sp³-hybridized carbons (Fsp3) is 0.312. The van der Waals surface area contributed by atoms with Crippen molar-refractivity contribution in [2.45, 2.75) is 0 Å². The normalized spacial score (nSPS) is 11.3. The van der Waals surface area contributed by atoms with Crippen LogP contribution in [0.3, 0.4) is 0 Å². The number of anilines is 1. The van der Waals surface area contributed by atoms with Gasteiger partial charge in [-0.2, -0.15) is 5.10 Å². The van der Waals surface area contributed by atoms with Crippen molar-refractivity contribution < 1.29 is 4.79 Å². The molecule has 1 amide bonds. The van der Waals surface area contributed by atoms with Crippen LogP contribution in [-0.2, 0) is 7.05 Å². The van der Waals surface area contributed by atoms with Crippen LogP contribution in [0.1, 0.15) is 10.5 Å². The third-order valence-electron chi connectivity index (χ3n) is 3.46. The first kappa shape index (κ1) is 15.6. The van der Waals surface area contributed by atoms with Gasteiger partial charge >= 0.3 is 0 Å². The molecule has 0 aliphatic heterocycles. The van der Waals surface area contributed by atoms with Crippen molar-refractivity contribution in [3.8, 4) is 0 Å². The van der Waals surface area contributed by atoms with Gasteiger partial charge in [0.15, 0.2) is 10.8 Å². The summed E-state index contributed by atoms with van der Waals surface area (Å²) in [7, 11) is 5.78. The van der Waals surface area contributed by atoms with Crippen molar-refractivity contribution in [2.24, 2.45) is 7.05 Å². The standard InChI is InChI=1S/C16H19N5OS/c1-19(2)10-11-21(15(22)13-8-9-20(3)18-13)16-17-12-6-4-5-7-14(12)23-16/h4-9H,10-11H2,1-3H3. The number of rotatable bonds is 5. The highest BCUT2D eigenvalue weighted by atomic mass is 32.1. The lowest BCUT2D eigenvalue weighted by molar-refractivity contribution is 0.0979. The maximum Gasteiger partial charge on any atom is 0.280 e. The zero-order valence-corrected chi connectivity index (χ0v) is 14.2. The van der Waals surface area contributed by atoms with Crippen LogP contribution in [0.25, 0.3) is 10.2 Å². The monoisotopic (exact) mass is 329 g/mol. The largest absolute Gasteiger partial charge is 0.308 e. The van der Waals surface area contributed by atoms with Crippen molar-refractivity contribution in [3.63, 3.8) is 0 Å². The van der Waals surface area contributed by atoms with Crippen LogP contribution in [0, 0.1) is 0 Å². The van der Waals surface area contributed by atoms with E-state index in [0.717, 1.165) is 16.8 Å². The Labute approximate surface area is 139 Å². The van der Waals surface area contributed by atoms with Crippen LogP contribution in [0.2, 0.25) is 0 Å². The highest BCUT2D eigenvalue weighted by molar-refractivity contribution is 7.22. The number of benzene rings is 1. The lowest BCUT2D eigenvalue weighted by Gasteiger charge is -2.21. The van der Waals surface area contributed by atoms with E-state index in [1.54, 1.807) is 28.9 Å². The number of hydrogen-bond acceptors (Lipinski definition) is 5. The summed E-state index contributed by atoms with van der Waals surface area (Å²) in [5, 5.41) is 4.94. The van der Waals surface area contributed by atoms with Gasteiger partial charge in [0.1, 0.15) is 0 Å². The fourth-order valence-electron chi connectivity index (χ4n) is 2.23. The number of aryl methyl sites for hydroxylation is 1. The van der Waals surface area contributed by atoms with Gasteiger partial charge < -0.3 is 4.90 Å². The van der Waals surface area contributed by atoms with Crippen molar-refractivity contribution >= 4 is 32.6 Å². The number of aromatic nitrogens is 3. The molecule has 0 radical (unpaired) electrons. The molecule has 6 nitrogen and oxygen atoms in total. The molecule has 120 valence electrons. The minimum atomic E-state index is -0.119. The SMILES string of the molecule is CN(C)CCN(C(=O)c1ccn(C)n1)c1nc2ccccc2s1. The lowest BCUT2D eigenvalue weighted by atomic mass is 10.3. The number of likely N-dealkylation sites (N-methyl/N-ethyl adjacent to an activating group) is 1. The summed E-state index contributed by atoms with van der Waals surface area (Å²) in [6, 6.07) is 9.65. The highest BCUT2D eigenvalue weighted by Gasteiger charge is 2.23. The number of carbonyl (C=O) groups excluding carboxylic acids is 1. The second kappa shape index (κ2) is 6.47. The van der Waals surface area contributed by atoms with Gasteiger partial charge in [0.05, 0.1) is 10.2 Å². The van der Waals surface area contributed by atoms with Crippen molar-refractivity contribution in [1.82, 2.24) is 19.7 Å². The molecule has 2 heterocycles. The zero-order valence-electron chi connectivity index (χ0n) is 13.4. The Morgan fingerprint density at radius 1 is 1.22 bits per heavy atom. The molecular formula is C16H19N5OS. The van der Waals surface area contributed by atoms with E-state index in [0.29, 0.717) is 17.4 Å². The molecule has 1 aromatic carbocycles. The molecule has 2 aromatic heterocycles. The number of amides is 1. The Kier molecular flexibility index (Phi) is 4.40. The minimum absolute atomic E-state index is 0.119. The maximum absolute atomic E-state index is 12.8. The van der Waals surface area contributed by atoms with Gasteiger partial charge in [-0.05, 0) is 32.3 Å². The Morgan fingerprint density at radius 2 is 2.00 bits per heavy atom. The second-order valence-corrected chi connectivity index (χ2v) is 6.61. The summed E-state index contributed by atoms with van der Waals surface area (Å²) in [6.07, 6.45) is 1.77. The molecule has 0 aliphatic rings. The van der Waals surface area contributed by atoms with Gasteiger partial charge in [-0.15, -0.1) is 0 Å². The summed E-state index contributed by atoms with van der Waals surface area (Å²) < 4.78 is 2.71. The molecule has 7 heteroatoms. The van der Waals surface area contributed by atoms with E-state index < -0.39 is 0 Å². The lowest BCUT2D eigenvalue weighted by Crippen LogP contribution is -2.37. The average molecular weight is 329 g/mol. The molecule has 0 fully saturated rings. The van der Waals surface area contributed by atoms with Gasteiger partial charge in [0.25, 0.3) is 5.91 Å². The number of para-hydroxylation sites is 1. The molecule has 0 saturated heterocycles. The Bertz CT molecular complexity index is 790. The number of hydrogen-bond donors (Lipinski definition) is 0. The maximum atomic E-state index is 12.8. The molecule has 0 atom stereocenters. The minimum Gasteiger partial charge on any atom is -0.308 e. The molecule has 23 heavy (non-hydrogen) atoms. The van der Waals surface area contributed by atoms with E-state index in [9.17, 15) is 4.79 Å². The third-order valence-corrected chi connectivity index (χ3v) is 4.52. The van der Waals surface area contributed by atoms with Crippen LogP contribution in [0.4, 0.5) is 5.13 Å². The van der Waals surface area contributed by atoms with Gasteiger partial charge in [-0.25, -0.2) is 4.98 Å². The molecule has 3 aromatic rings. The predicted molar refractivity (Wildman–Crippen MR) is 93.1 cm³/mol. The van der Waals surface area contributed by atoms with E-state index in [1.165, 1.54) is 11.3 Å². The van der Waals surface area contributed by atoms with Gasteiger partial charge in [0.2, 0.25) is 0 Å². The van der Waals surface area contributed by atoms with Crippen LogP contribution < -0.4 is 4.90 Å². The highest BCUT2D eigenvalue weighted by Crippen LogP contribution is 2.29. The van der Waals surface area contributed by atoms with Gasteiger partial charge in [0, 0.05) is 26.3 Å². The van der Waals surface area contributed by atoms with Crippen LogP contribution in [0.5, 0.6) is 0 Å². The molecule has 0 spiro atoms. The Hall–Kier alpha value is -2.25.